The van der Waals surface area contributed by atoms with Crippen molar-refractivity contribution in [3.63, 3.8) is 0 Å². The first-order chi connectivity index (χ1) is 14.5. The van der Waals surface area contributed by atoms with E-state index in [4.69, 9.17) is 9.47 Å². The van der Waals surface area contributed by atoms with Gasteiger partial charge >= 0.3 is 6.09 Å². The molecule has 0 N–H and O–H groups in total. The van der Waals surface area contributed by atoms with Crippen molar-refractivity contribution >= 4 is 17.6 Å². The second kappa shape index (κ2) is 8.50. The Labute approximate surface area is 177 Å². The van der Waals surface area contributed by atoms with E-state index in [1.165, 1.54) is 7.11 Å². The van der Waals surface area contributed by atoms with Crippen molar-refractivity contribution in [1.82, 2.24) is 9.78 Å². The summed E-state index contributed by atoms with van der Waals surface area (Å²) >= 11 is 0. The van der Waals surface area contributed by atoms with Crippen LogP contribution in [0.4, 0.5) is 10.5 Å². The monoisotopic (exact) mass is 411 g/mol. The van der Waals surface area contributed by atoms with Crippen LogP contribution in [0.5, 0.6) is 5.75 Å². The normalized spacial score (nSPS) is 18.1. The molecule has 1 fully saturated rings. The molecular formula is C23H29N3O4. The van der Waals surface area contributed by atoms with Gasteiger partial charge in [-0.3, -0.25) is 14.4 Å². The molecule has 0 spiro atoms. The topological polar surface area (TPSA) is 73.7 Å². The largest absolute Gasteiger partial charge is 0.485 e. The zero-order valence-corrected chi connectivity index (χ0v) is 17.9. The van der Waals surface area contributed by atoms with Gasteiger partial charge in [0.2, 0.25) is 0 Å². The van der Waals surface area contributed by atoms with E-state index in [-0.39, 0.29) is 24.5 Å². The number of aromatic nitrogens is 2. The number of Topliss-reactive ketones (excluding diaryl/α,β-unsaturated/α-hetero) is 1. The summed E-state index contributed by atoms with van der Waals surface area (Å²) in [7, 11) is 1.39. The fraction of sp³-hybridized carbons (Fsp3) is 0.522. The van der Waals surface area contributed by atoms with Crippen molar-refractivity contribution in [3.8, 4) is 16.9 Å². The van der Waals surface area contributed by atoms with E-state index in [2.05, 4.69) is 5.10 Å². The standard InChI is InChI=1S/C23H29N3O4/c1-4-5-18(27)14-30-22-19(16-12-24-25(13-16)17-7-8-17)10-11-21-20(22)9-6-15(2)26(21)23(28)29-3/h10-13,15,17H,4-9,14H2,1-3H3/t15-/m0/s1. The Kier molecular flexibility index (Phi) is 5.79. The Balaban J connectivity index is 1.75. The molecule has 2 aromatic rings. The summed E-state index contributed by atoms with van der Waals surface area (Å²) in [6.45, 7) is 4.02. The van der Waals surface area contributed by atoms with Crippen molar-refractivity contribution in [2.45, 2.75) is 64.5 Å². The van der Waals surface area contributed by atoms with Crippen molar-refractivity contribution in [1.29, 1.82) is 0 Å². The van der Waals surface area contributed by atoms with Crippen LogP contribution in [0, 0.1) is 0 Å². The van der Waals surface area contributed by atoms with Gasteiger partial charge in [0.1, 0.15) is 12.4 Å². The van der Waals surface area contributed by atoms with Crippen LogP contribution in [0.1, 0.15) is 57.6 Å². The van der Waals surface area contributed by atoms with Gasteiger partial charge in [-0.15, -0.1) is 0 Å². The summed E-state index contributed by atoms with van der Waals surface area (Å²) in [5.41, 5.74) is 3.60. The van der Waals surface area contributed by atoms with Gasteiger partial charge in [-0.25, -0.2) is 4.79 Å². The number of hydrogen-bond acceptors (Lipinski definition) is 5. The molecule has 7 heteroatoms. The quantitative estimate of drug-likeness (QED) is 0.669. The van der Waals surface area contributed by atoms with Crippen molar-refractivity contribution in [2.24, 2.45) is 0 Å². The predicted molar refractivity (Wildman–Crippen MR) is 114 cm³/mol. The van der Waals surface area contributed by atoms with E-state index >= 15 is 0 Å². The van der Waals surface area contributed by atoms with E-state index < -0.39 is 0 Å². The van der Waals surface area contributed by atoms with Gasteiger partial charge in [0.25, 0.3) is 0 Å². The number of benzene rings is 1. The first-order valence-electron chi connectivity index (χ1n) is 10.8. The zero-order chi connectivity index (χ0) is 21.3. The first kappa shape index (κ1) is 20.4. The molecule has 1 aromatic carbocycles. The average molecular weight is 412 g/mol. The summed E-state index contributed by atoms with van der Waals surface area (Å²) in [6, 6.07) is 4.43. The zero-order valence-electron chi connectivity index (χ0n) is 17.9. The van der Waals surface area contributed by atoms with Crippen LogP contribution in [0.2, 0.25) is 0 Å². The Hall–Kier alpha value is -2.83. The number of methoxy groups -OCH3 is 1. The Bertz CT molecular complexity index is 948. The van der Waals surface area contributed by atoms with E-state index in [9.17, 15) is 9.59 Å². The van der Waals surface area contributed by atoms with Crippen LogP contribution < -0.4 is 9.64 Å². The van der Waals surface area contributed by atoms with Crippen LogP contribution in [0.3, 0.4) is 0 Å². The molecule has 160 valence electrons. The maximum atomic E-state index is 12.4. The van der Waals surface area contributed by atoms with E-state index in [0.29, 0.717) is 18.2 Å². The minimum Gasteiger partial charge on any atom is -0.485 e. The van der Waals surface area contributed by atoms with Gasteiger partial charge < -0.3 is 9.47 Å². The highest BCUT2D eigenvalue weighted by molar-refractivity contribution is 5.92. The highest BCUT2D eigenvalue weighted by Gasteiger charge is 2.32. The van der Waals surface area contributed by atoms with Gasteiger partial charge in [-0.2, -0.15) is 5.10 Å². The van der Waals surface area contributed by atoms with Crippen LogP contribution in [-0.4, -0.2) is 41.4 Å². The maximum Gasteiger partial charge on any atom is 0.414 e. The van der Waals surface area contributed by atoms with Gasteiger partial charge in [-0.1, -0.05) is 6.92 Å². The smallest absolute Gasteiger partial charge is 0.414 e. The van der Waals surface area contributed by atoms with Crippen molar-refractivity contribution in [2.75, 3.05) is 18.6 Å². The summed E-state index contributed by atoms with van der Waals surface area (Å²) in [5, 5.41) is 4.51. The maximum absolute atomic E-state index is 12.4. The van der Waals surface area contributed by atoms with Crippen molar-refractivity contribution in [3.05, 3.63) is 30.1 Å². The summed E-state index contributed by atoms with van der Waals surface area (Å²) in [4.78, 5) is 26.3. The Morgan fingerprint density at radius 1 is 1.23 bits per heavy atom. The number of hydrogen-bond donors (Lipinski definition) is 0. The molecule has 2 aliphatic rings. The molecule has 0 radical (unpaired) electrons. The number of carbonyl (C=O) groups is 2. The van der Waals surface area contributed by atoms with Crippen LogP contribution in [-0.2, 0) is 16.0 Å². The molecule has 2 heterocycles. The molecule has 1 amide bonds. The lowest BCUT2D eigenvalue weighted by atomic mass is 9.92. The molecular weight excluding hydrogens is 382 g/mol. The fourth-order valence-corrected chi connectivity index (χ4v) is 4.09. The highest BCUT2D eigenvalue weighted by atomic mass is 16.5. The number of rotatable bonds is 7. The number of ketones is 1. The first-order valence-corrected chi connectivity index (χ1v) is 10.8. The number of amides is 1. The third-order valence-corrected chi connectivity index (χ3v) is 5.86. The number of ether oxygens (including phenoxy) is 2. The van der Waals surface area contributed by atoms with Gasteiger partial charge in [0.15, 0.2) is 5.78 Å². The summed E-state index contributed by atoms with van der Waals surface area (Å²) in [5.74, 6) is 0.747. The summed E-state index contributed by atoms with van der Waals surface area (Å²) in [6.07, 6.45) is 8.69. The molecule has 4 rings (SSSR count). The van der Waals surface area contributed by atoms with E-state index in [1.54, 1.807) is 4.90 Å². The van der Waals surface area contributed by atoms with Gasteiger partial charge in [0, 0.05) is 35.3 Å². The predicted octanol–water partition coefficient (Wildman–Crippen LogP) is 4.54. The van der Waals surface area contributed by atoms with Crippen molar-refractivity contribution < 1.29 is 19.1 Å². The number of anilines is 1. The number of fused-ring (bicyclic) bond motifs is 1. The Morgan fingerprint density at radius 2 is 2.03 bits per heavy atom. The second-order valence-electron chi connectivity index (χ2n) is 8.19. The van der Waals surface area contributed by atoms with Gasteiger partial charge in [-0.05, 0) is 51.2 Å². The van der Waals surface area contributed by atoms with Gasteiger partial charge in [0.05, 0.1) is 25.0 Å². The van der Waals surface area contributed by atoms with E-state index in [0.717, 1.165) is 54.5 Å². The highest BCUT2D eigenvalue weighted by Crippen LogP contribution is 2.44. The summed E-state index contributed by atoms with van der Waals surface area (Å²) < 4.78 is 13.1. The molecule has 0 unspecified atom stereocenters. The molecule has 7 nitrogen and oxygen atoms in total. The second-order valence-corrected chi connectivity index (χ2v) is 8.19. The molecule has 0 saturated heterocycles. The molecule has 0 bridgehead atoms. The van der Waals surface area contributed by atoms with Crippen LogP contribution >= 0.6 is 0 Å². The number of carbonyl (C=O) groups excluding carboxylic acids is 2. The fourth-order valence-electron chi connectivity index (χ4n) is 4.09. The average Bonchev–Trinajstić information content (AvgIpc) is 3.48. The SMILES string of the molecule is CCCC(=O)COc1c(-c2cnn(C3CC3)c2)ccc2c1CC[C@H](C)N2C(=O)OC. The van der Waals surface area contributed by atoms with E-state index in [1.807, 2.05) is 43.1 Å². The minimum absolute atomic E-state index is 0.0296. The molecule has 1 aliphatic heterocycles. The lowest BCUT2D eigenvalue weighted by molar-refractivity contribution is -0.121. The molecule has 1 aromatic heterocycles. The Morgan fingerprint density at radius 3 is 2.73 bits per heavy atom. The van der Waals surface area contributed by atoms with Crippen LogP contribution in [0.25, 0.3) is 11.1 Å². The molecule has 1 saturated carbocycles. The minimum atomic E-state index is -0.384. The third-order valence-electron chi connectivity index (χ3n) is 5.86. The molecule has 30 heavy (non-hydrogen) atoms. The lowest BCUT2D eigenvalue weighted by Gasteiger charge is -2.35. The third kappa shape index (κ3) is 3.93. The number of nitrogens with zero attached hydrogens (tertiary/aromatic N) is 3. The molecule has 1 aliphatic carbocycles. The molecule has 1 atom stereocenters. The lowest BCUT2D eigenvalue weighted by Crippen LogP contribution is -2.42. The van der Waals surface area contributed by atoms with Crippen LogP contribution in [0.15, 0.2) is 24.5 Å².